The van der Waals surface area contributed by atoms with Gasteiger partial charge in [-0.15, -0.1) is 0 Å². The van der Waals surface area contributed by atoms with Gasteiger partial charge in [-0.1, -0.05) is 18.2 Å². The number of rotatable bonds is 2. The molecule has 2 aliphatic rings. The standard InChI is InChI=1S/C19H21N2O3P/c20-17-7-3-6-15-13(11-21-19(15)17)10-12-8-9-18(25(22,23)24)16-5-2-1-4-14(12)16/h3,6-10,21H,1-2,4-5,11,20H2,(H2,22,23,24). The molecule has 0 unspecified atom stereocenters. The summed E-state index contributed by atoms with van der Waals surface area (Å²) in [5.41, 5.74) is 13.0. The second-order valence-electron chi connectivity index (χ2n) is 6.68. The van der Waals surface area contributed by atoms with Crippen LogP contribution in [0.2, 0.25) is 0 Å². The van der Waals surface area contributed by atoms with Gasteiger partial charge >= 0.3 is 7.60 Å². The van der Waals surface area contributed by atoms with Crippen LogP contribution in [0, 0.1) is 0 Å². The lowest BCUT2D eigenvalue weighted by molar-refractivity contribution is 0.387. The Labute approximate surface area is 146 Å². The van der Waals surface area contributed by atoms with Crippen LogP contribution in [0.5, 0.6) is 0 Å². The maximum absolute atomic E-state index is 11.8. The van der Waals surface area contributed by atoms with E-state index >= 15 is 0 Å². The van der Waals surface area contributed by atoms with Crippen LogP contribution in [-0.2, 0) is 17.4 Å². The van der Waals surface area contributed by atoms with Gasteiger partial charge in [0, 0.05) is 12.1 Å². The fraction of sp³-hybridized carbons (Fsp3) is 0.263. The molecule has 0 saturated heterocycles. The molecule has 2 aromatic carbocycles. The lowest BCUT2D eigenvalue weighted by atomic mass is 9.87. The summed E-state index contributed by atoms with van der Waals surface area (Å²) in [6.45, 7) is 0.707. The molecular weight excluding hydrogens is 335 g/mol. The smallest absolute Gasteiger partial charge is 0.356 e. The summed E-state index contributed by atoms with van der Waals surface area (Å²) in [5, 5.41) is 3.53. The van der Waals surface area contributed by atoms with Crippen LogP contribution in [-0.4, -0.2) is 16.3 Å². The summed E-state index contributed by atoms with van der Waals surface area (Å²) in [6, 6.07) is 9.32. The normalized spacial score (nSPS) is 17.9. The van der Waals surface area contributed by atoms with Crippen molar-refractivity contribution in [2.75, 3.05) is 17.6 Å². The molecule has 5 nitrogen and oxygen atoms in total. The van der Waals surface area contributed by atoms with Crippen molar-refractivity contribution in [2.45, 2.75) is 25.7 Å². The topological polar surface area (TPSA) is 95.6 Å². The Morgan fingerprint density at radius 2 is 1.84 bits per heavy atom. The molecule has 0 spiro atoms. The van der Waals surface area contributed by atoms with Crippen molar-refractivity contribution in [3.63, 3.8) is 0 Å². The number of hydrogen-bond acceptors (Lipinski definition) is 3. The zero-order valence-electron chi connectivity index (χ0n) is 13.8. The molecule has 25 heavy (non-hydrogen) atoms. The lowest BCUT2D eigenvalue weighted by Gasteiger charge is -2.22. The minimum atomic E-state index is -4.24. The number of nitrogen functional groups attached to an aromatic ring is 1. The molecule has 0 bridgehead atoms. The zero-order valence-corrected chi connectivity index (χ0v) is 14.7. The van der Waals surface area contributed by atoms with Gasteiger partial charge in [-0.3, -0.25) is 4.57 Å². The lowest BCUT2D eigenvalue weighted by Crippen LogP contribution is -2.18. The molecule has 0 atom stereocenters. The molecule has 0 aromatic heterocycles. The molecule has 6 heteroatoms. The first-order valence-electron chi connectivity index (χ1n) is 8.49. The molecule has 1 aliphatic carbocycles. The van der Waals surface area contributed by atoms with Crippen molar-refractivity contribution >= 4 is 35.9 Å². The third-order valence-corrected chi connectivity index (χ3v) is 6.13. The van der Waals surface area contributed by atoms with Crippen LogP contribution in [0.15, 0.2) is 30.3 Å². The second-order valence-corrected chi connectivity index (χ2v) is 8.24. The molecule has 1 heterocycles. The van der Waals surface area contributed by atoms with E-state index in [1.54, 1.807) is 6.07 Å². The van der Waals surface area contributed by atoms with Crippen molar-refractivity contribution in [1.82, 2.24) is 0 Å². The highest BCUT2D eigenvalue weighted by Crippen LogP contribution is 2.40. The average Bonchev–Trinajstić information content (AvgIpc) is 2.98. The number of nitrogens with two attached hydrogens (primary N) is 1. The van der Waals surface area contributed by atoms with E-state index in [0.717, 1.165) is 64.9 Å². The maximum atomic E-state index is 11.8. The Balaban J connectivity index is 1.84. The highest BCUT2D eigenvalue weighted by molar-refractivity contribution is 7.60. The predicted octanol–water partition coefficient (Wildman–Crippen LogP) is 2.92. The predicted molar refractivity (Wildman–Crippen MR) is 102 cm³/mol. The summed E-state index contributed by atoms with van der Waals surface area (Å²) in [4.78, 5) is 19.3. The molecule has 0 radical (unpaired) electrons. The number of benzene rings is 2. The Bertz CT molecular complexity index is 931. The first-order chi connectivity index (χ1) is 11.9. The summed E-state index contributed by atoms with van der Waals surface area (Å²) < 4.78 is 11.8. The van der Waals surface area contributed by atoms with E-state index in [9.17, 15) is 14.4 Å². The molecule has 5 N–H and O–H groups in total. The molecule has 1 aliphatic heterocycles. The monoisotopic (exact) mass is 356 g/mol. The number of fused-ring (bicyclic) bond motifs is 2. The van der Waals surface area contributed by atoms with Crippen molar-refractivity contribution in [3.05, 3.63) is 52.6 Å². The Kier molecular flexibility index (Phi) is 3.95. The third kappa shape index (κ3) is 2.89. The van der Waals surface area contributed by atoms with E-state index < -0.39 is 7.60 Å². The van der Waals surface area contributed by atoms with Gasteiger partial charge in [0.15, 0.2) is 0 Å². The molecule has 0 fully saturated rings. The largest absolute Gasteiger partial charge is 0.397 e. The van der Waals surface area contributed by atoms with Gasteiger partial charge in [0.05, 0.1) is 16.7 Å². The van der Waals surface area contributed by atoms with E-state index in [-0.39, 0.29) is 5.30 Å². The number of para-hydroxylation sites is 1. The fourth-order valence-electron chi connectivity index (χ4n) is 3.91. The van der Waals surface area contributed by atoms with Gasteiger partial charge < -0.3 is 20.8 Å². The second kappa shape index (κ2) is 6.03. The average molecular weight is 356 g/mol. The van der Waals surface area contributed by atoms with Crippen LogP contribution in [0.3, 0.4) is 0 Å². The summed E-state index contributed by atoms with van der Waals surface area (Å²) >= 11 is 0. The quantitative estimate of drug-likeness (QED) is 0.490. The minimum Gasteiger partial charge on any atom is -0.397 e. The van der Waals surface area contributed by atoms with E-state index in [0.29, 0.717) is 6.54 Å². The fourth-order valence-corrected chi connectivity index (χ4v) is 4.78. The van der Waals surface area contributed by atoms with Crippen molar-refractivity contribution in [3.8, 4) is 0 Å². The van der Waals surface area contributed by atoms with Crippen molar-refractivity contribution in [2.24, 2.45) is 0 Å². The zero-order chi connectivity index (χ0) is 17.6. The molecule has 130 valence electrons. The van der Waals surface area contributed by atoms with Crippen LogP contribution in [0.1, 0.15) is 35.1 Å². The molecule has 2 aromatic rings. The molecule has 4 rings (SSSR count). The van der Waals surface area contributed by atoms with Crippen LogP contribution < -0.4 is 16.4 Å². The van der Waals surface area contributed by atoms with Gasteiger partial charge in [0.25, 0.3) is 0 Å². The molecule has 0 amide bonds. The number of nitrogens with one attached hydrogen (secondary N) is 1. The van der Waals surface area contributed by atoms with E-state index in [1.165, 1.54) is 0 Å². The van der Waals surface area contributed by atoms with Gasteiger partial charge in [0.1, 0.15) is 0 Å². The van der Waals surface area contributed by atoms with E-state index in [4.69, 9.17) is 5.73 Å². The molecule has 0 saturated carbocycles. The maximum Gasteiger partial charge on any atom is 0.356 e. The van der Waals surface area contributed by atoms with Crippen LogP contribution >= 0.6 is 7.60 Å². The van der Waals surface area contributed by atoms with Crippen molar-refractivity contribution < 1.29 is 14.4 Å². The third-order valence-electron chi connectivity index (χ3n) is 5.09. The first-order valence-corrected chi connectivity index (χ1v) is 10.1. The Hall–Kier alpha value is -2.07. The van der Waals surface area contributed by atoms with E-state index in [2.05, 4.69) is 11.4 Å². The SMILES string of the molecule is Nc1cccc2c1NCC2=Cc1ccc(P(=O)(O)O)c2c1CCCC2. The summed E-state index contributed by atoms with van der Waals surface area (Å²) in [5.74, 6) is 0. The van der Waals surface area contributed by atoms with Gasteiger partial charge in [-0.2, -0.15) is 0 Å². The van der Waals surface area contributed by atoms with Crippen molar-refractivity contribution in [1.29, 1.82) is 0 Å². The van der Waals surface area contributed by atoms with Gasteiger partial charge in [-0.05, 0) is 66.2 Å². The van der Waals surface area contributed by atoms with Crippen LogP contribution in [0.25, 0.3) is 11.6 Å². The van der Waals surface area contributed by atoms with E-state index in [1.807, 2.05) is 24.3 Å². The number of hydrogen-bond donors (Lipinski definition) is 4. The summed E-state index contributed by atoms with van der Waals surface area (Å²) in [6.07, 6.45) is 5.75. The first kappa shape index (κ1) is 16.4. The number of anilines is 2. The Morgan fingerprint density at radius 3 is 2.60 bits per heavy atom. The van der Waals surface area contributed by atoms with Crippen LogP contribution in [0.4, 0.5) is 11.4 Å². The molecular formula is C19H21N2O3P. The highest BCUT2D eigenvalue weighted by atomic mass is 31.2. The van der Waals surface area contributed by atoms with Gasteiger partial charge in [-0.25, -0.2) is 0 Å². The van der Waals surface area contributed by atoms with Gasteiger partial charge in [0.2, 0.25) is 0 Å². The highest BCUT2D eigenvalue weighted by Gasteiger charge is 2.26. The summed E-state index contributed by atoms with van der Waals surface area (Å²) in [7, 11) is -4.24. The minimum absolute atomic E-state index is 0.193. The Morgan fingerprint density at radius 1 is 1.08 bits per heavy atom.